The lowest BCUT2D eigenvalue weighted by Crippen LogP contribution is -2.42. The lowest BCUT2D eigenvalue weighted by atomic mass is 9.89. The highest BCUT2D eigenvalue weighted by Crippen LogP contribution is 2.32. The van der Waals surface area contributed by atoms with Crippen LogP contribution in [0.5, 0.6) is 0 Å². The Bertz CT molecular complexity index is 1150. The molecule has 0 atom stereocenters. The zero-order valence-electron chi connectivity index (χ0n) is 20.9. The third kappa shape index (κ3) is 6.56. The van der Waals surface area contributed by atoms with Crippen molar-refractivity contribution in [1.29, 1.82) is 0 Å². The van der Waals surface area contributed by atoms with Crippen LogP contribution in [-0.4, -0.2) is 68.0 Å². The summed E-state index contributed by atoms with van der Waals surface area (Å²) in [6.07, 6.45) is -4.09. The first-order chi connectivity index (χ1) is 17.3. The minimum absolute atomic E-state index is 0.0849. The van der Waals surface area contributed by atoms with E-state index in [0.717, 1.165) is 11.9 Å². The van der Waals surface area contributed by atoms with E-state index in [9.17, 15) is 27.2 Å². The highest BCUT2D eigenvalue weighted by molar-refractivity contribution is 5.94. The van der Waals surface area contributed by atoms with E-state index in [4.69, 9.17) is 4.74 Å². The van der Waals surface area contributed by atoms with E-state index in [1.807, 2.05) is 25.3 Å². The number of hydrogen-bond acceptors (Lipinski definition) is 6. The quantitative estimate of drug-likeness (QED) is 0.605. The van der Waals surface area contributed by atoms with Crippen molar-refractivity contribution in [3.05, 3.63) is 41.2 Å². The van der Waals surface area contributed by atoms with Gasteiger partial charge in [0.2, 0.25) is 0 Å². The zero-order chi connectivity index (χ0) is 27.0. The number of fused-ring (bicyclic) bond motifs is 1. The molecule has 202 valence electrons. The van der Waals surface area contributed by atoms with Crippen molar-refractivity contribution in [2.75, 3.05) is 25.0 Å². The second-order valence-electron chi connectivity index (χ2n) is 10.3. The number of aromatic nitrogens is 3. The Balaban J connectivity index is 1.31. The molecule has 2 aromatic rings. The van der Waals surface area contributed by atoms with E-state index in [1.54, 1.807) is 10.2 Å². The summed E-state index contributed by atoms with van der Waals surface area (Å²) in [6, 6.07) is 3.65. The minimum Gasteiger partial charge on any atom is -0.444 e. The number of nitrogens with zero attached hydrogens (tertiary/aromatic N) is 5. The Kier molecular flexibility index (Phi) is 7.45. The van der Waals surface area contributed by atoms with Crippen LogP contribution < -0.4 is 5.32 Å². The van der Waals surface area contributed by atoms with E-state index in [-0.39, 0.29) is 17.7 Å². The number of likely N-dealkylation sites (tertiary alicyclic amines) is 1. The molecule has 1 fully saturated rings. The lowest BCUT2D eigenvalue weighted by molar-refractivity contribution is -0.167. The standard InChI is InChI=1S/C24H30F4N6O3/c1-23(2,3)37-22(36)33-10-11-34-19(30-31-20(34)14-33)13-32-8-6-15(7-9-32)17-5-4-16(12-18(17)25)29-21(35)24(26,27)28/h4-5,12,15H,6-11,13-14H2,1-3H3,(H,29,35). The Labute approximate surface area is 211 Å². The normalized spacial score (nSPS) is 17.4. The Morgan fingerprint density at radius 1 is 1.08 bits per heavy atom. The van der Waals surface area contributed by atoms with Gasteiger partial charge in [0.05, 0.1) is 13.1 Å². The number of amides is 2. The summed E-state index contributed by atoms with van der Waals surface area (Å²) in [4.78, 5) is 27.3. The number of hydrogen-bond donors (Lipinski definition) is 1. The molecule has 37 heavy (non-hydrogen) atoms. The van der Waals surface area contributed by atoms with Gasteiger partial charge in [-0.1, -0.05) is 6.07 Å². The van der Waals surface area contributed by atoms with Gasteiger partial charge in [-0.2, -0.15) is 13.2 Å². The molecule has 0 radical (unpaired) electrons. The summed E-state index contributed by atoms with van der Waals surface area (Å²) in [6.45, 7) is 8.77. The smallest absolute Gasteiger partial charge is 0.444 e. The van der Waals surface area contributed by atoms with E-state index in [1.165, 1.54) is 12.1 Å². The maximum Gasteiger partial charge on any atom is 0.471 e. The van der Waals surface area contributed by atoms with Crippen molar-refractivity contribution in [3.63, 3.8) is 0 Å². The first kappa shape index (κ1) is 26.8. The average molecular weight is 527 g/mol. The Morgan fingerprint density at radius 2 is 1.78 bits per heavy atom. The molecule has 2 aliphatic rings. The SMILES string of the molecule is CC(C)(C)OC(=O)N1CCn2c(CN3CCC(c4ccc(NC(=O)C(F)(F)F)cc4F)CC3)nnc2C1. The van der Waals surface area contributed by atoms with Gasteiger partial charge in [-0.25, -0.2) is 9.18 Å². The first-order valence-electron chi connectivity index (χ1n) is 12.1. The minimum atomic E-state index is -5.04. The third-order valence-corrected chi connectivity index (χ3v) is 6.39. The molecular formula is C24H30F4N6O3. The van der Waals surface area contributed by atoms with Crippen LogP contribution in [0.25, 0.3) is 0 Å². The number of benzene rings is 1. The van der Waals surface area contributed by atoms with E-state index in [0.29, 0.717) is 63.5 Å². The van der Waals surface area contributed by atoms with E-state index >= 15 is 0 Å². The third-order valence-electron chi connectivity index (χ3n) is 6.39. The van der Waals surface area contributed by atoms with Crippen molar-refractivity contribution < 1.29 is 31.9 Å². The molecule has 0 aliphatic carbocycles. The average Bonchev–Trinajstić information content (AvgIpc) is 3.20. The van der Waals surface area contributed by atoms with Gasteiger partial charge in [0, 0.05) is 18.8 Å². The summed E-state index contributed by atoms with van der Waals surface area (Å²) >= 11 is 0. The highest BCUT2D eigenvalue weighted by Gasteiger charge is 2.39. The fraction of sp³-hybridized carbons (Fsp3) is 0.583. The molecule has 0 bridgehead atoms. The van der Waals surface area contributed by atoms with Gasteiger partial charge in [-0.3, -0.25) is 14.6 Å². The summed E-state index contributed by atoms with van der Waals surface area (Å²) in [7, 11) is 0. The summed E-state index contributed by atoms with van der Waals surface area (Å²) < 4.78 is 59.4. The fourth-order valence-corrected chi connectivity index (χ4v) is 4.56. The van der Waals surface area contributed by atoms with Crippen molar-refractivity contribution in [1.82, 2.24) is 24.6 Å². The number of piperidine rings is 1. The second-order valence-corrected chi connectivity index (χ2v) is 10.3. The molecule has 1 aromatic carbocycles. The highest BCUT2D eigenvalue weighted by atomic mass is 19.4. The van der Waals surface area contributed by atoms with Gasteiger partial charge in [0.15, 0.2) is 5.82 Å². The molecule has 1 saturated heterocycles. The maximum absolute atomic E-state index is 14.6. The van der Waals surface area contributed by atoms with E-state index < -0.39 is 23.5 Å². The number of carbonyl (C=O) groups excluding carboxylic acids is 2. The van der Waals surface area contributed by atoms with Crippen LogP contribution in [0.1, 0.15) is 56.7 Å². The van der Waals surface area contributed by atoms with Crippen LogP contribution >= 0.6 is 0 Å². The Hall–Kier alpha value is -3.22. The van der Waals surface area contributed by atoms with Crippen LogP contribution in [0.3, 0.4) is 0 Å². The number of rotatable bonds is 4. The van der Waals surface area contributed by atoms with Gasteiger partial charge < -0.3 is 14.6 Å². The predicted octanol–water partition coefficient (Wildman–Crippen LogP) is 4.05. The largest absolute Gasteiger partial charge is 0.471 e. The molecule has 0 unspecified atom stereocenters. The first-order valence-corrected chi connectivity index (χ1v) is 12.1. The molecule has 4 rings (SSSR count). The van der Waals surface area contributed by atoms with Crippen LogP contribution in [0.4, 0.5) is 28.0 Å². The summed E-state index contributed by atoms with van der Waals surface area (Å²) in [5, 5.41) is 10.2. The molecular weight excluding hydrogens is 496 g/mol. The van der Waals surface area contributed by atoms with Crippen molar-refractivity contribution in [3.8, 4) is 0 Å². The fourth-order valence-electron chi connectivity index (χ4n) is 4.56. The Morgan fingerprint density at radius 3 is 2.41 bits per heavy atom. The van der Waals surface area contributed by atoms with Crippen LogP contribution in [-0.2, 0) is 29.2 Å². The number of anilines is 1. The molecule has 2 aliphatic heterocycles. The van der Waals surface area contributed by atoms with Crippen molar-refractivity contribution in [2.45, 2.75) is 70.9 Å². The van der Waals surface area contributed by atoms with Gasteiger partial charge in [-0.15, -0.1) is 10.2 Å². The number of nitrogens with one attached hydrogen (secondary N) is 1. The van der Waals surface area contributed by atoms with Crippen molar-refractivity contribution >= 4 is 17.7 Å². The number of halogens is 4. The van der Waals surface area contributed by atoms with Gasteiger partial charge >= 0.3 is 18.2 Å². The van der Waals surface area contributed by atoms with Crippen LogP contribution in [0, 0.1) is 5.82 Å². The summed E-state index contributed by atoms with van der Waals surface area (Å²) in [5.41, 5.74) is -0.386. The molecule has 9 nitrogen and oxygen atoms in total. The number of ether oxygens (including phenoxy) is 1. The topological polar surface area (TPSA) is 92.6 Å². The molecule has 3 heterocycles. The predicted molar refractivity (Wildman–Crippen MR) is 125 cm³/mol. The number of carbonyl (C=O) groups is 2. The van der Waals surface area contributed by atoms with E-state index in [2.05, 4.69) is 15.1 Å². The monoisotopic (exact) mass is 526 g/mol. The zero-order valence-corrected chi connectivity index (χ0v) is 20.9. The summed E-state index contributed by atoms with van der Waals surface area (Å²) in [5.74, 6) is -1.37. The van der Waals surface area contributed by atoms with Crippen LogP contribution in [0.2, 0.25) is 0 Å². The second kappa shape index (κ2) is 10.3. The van der Waals surface area contributed by atoms with Gasteiger partial charge in [-0.05, 0) is 70.3 Å². The molecule has 13 heteroatoms. The van der Waals surface area contributed by atoms with Crippen LogP contribution in [0.15, 0.2) is 18.2 Å². The molecule has 0 saturated carbocycles. The number of alkyl halides is 3. The van der Waals surface area contributed by atoms with Crippen molar-refractivity contribution in [2.24, 2.45) is 0 Å². The maximum atomic E-state index is 14.6. The molecule has 0 spiro atoms. The van der Waals surface area contributed by atoms with Gasteiger partial charge in [0.1, 0.15) is 17.2 Å². The van der Waals surface area contributed by atoms with Gasteiger partial charge in [0.25, 0.3) is 0 Å². The lowest BCUT2D eigenvalue weighted by Gasteiger charge is -2.33. The molecule has 2 amide bonds. The molecule has 1 aromatic heterocycles. The molecule has 1 N–H and O–H groups in total.